The number of aryl methyl sites for hydroxylation is 1. The van der Waals surface area contributed by atoms with Gasteiger partial charge in [-0.25, -0.2) is 4.79 Å². The summed E-state index contributed by atoms with van der Waals surface area (Å²) in [7, 11) is 0. The maximum Gasteiger partial charge on any atom is 0.340 e. The molecule has 0 aromatic heterocycles. The molecule has 0 heterocycles. The lowest BCUT2D eigenvalue weighted by molar-refractivity contribution is -0.138. The summed E-state index contributed by atoms with van der Waals surface area (Å²) in [5.41, 5.74) is 10.2. The van der Waals surface area contributed by atoms with Crippen molar-refractivity contribution in [3.05, 3.63) is 49.9 Å². The fraction of sp³-hybridized carbons (Fsp3) is 0.250. The van der Waals surface area contributed by atoms with Crippen molar-refractivity contribution >= 4 is 28.0 Å². The molecule has 0 amide bonds. The SMILES string of the molecule is CCOC(=O)/C(=C/c1ccc(C)cc1Br)N=[N+]=[N-]. The minimum absolute atomic E-state index is 0.0658. The van der Waals surface area contributed by atoms with E-state index in [0.717, 1.165) is 15.6 Å². The fourth-order valence-electron chi connectivity index (χ4n) is 1.28. The lowest BCUT2D eigenvalue weighted by Gasteiger charge is -2.03. The molecular formula is C12H12BrN3O2. The van der Waals surface area contributed by atoms with Crippen LogP contribution in [-0.2, 0) is 9.53 Å². The third-order valence-corrected chi connectivity index (χ3v) is 2.77. The summed E-state index contributed by atoms with van der Waals surface area (Å²) in [4.78, 5) is 14.2. The van der Waals surface area contributed by atoms with Gasteiger partial charge in [0.1, 0.15) is 5.70 Å². The van der Waals surface area contributed by atoms with Gasteiger partial charge in [0.2, 0.25) is 0 Å². The Hall–Kier alpha value is -1.78. The summed E-state index contributed by atoms with van der Waals surface area (Å²) in [6.07, 6.45) is 1.49. The highest BCUT2D eigenvalue weighted by molar-refractivity contribution is 9.10. The Morgan fingerprint density at radius 3 is 2.89 bits per heavy atom. The van der Waals surface area contributed by atoms with Gasteiger partial charge in [0.25, 0.3) is 0 Å². The van der Waals surface area contributed by atoms with Gasteiger partial charge in [0.15, 0.2) is 0 Å². The van der Waals surface area contributed by atoms with Crippen LogP contribution in [0.25, 0.3) is 16.5 Å². The number of halogens is 1. The Balaban J connectivity index is 3.15. The average molecular weight is 310 g/mol. The number of ether oxygens (including phenoxy) is 1. The van der Waals surface area contributed by atoms with Gasteiger partial charge in [-0.05, 0) is 42.6 Å². The number of azide groups is 1. The minimum Gasteiger partial charge on any atom is -0.462 e. The summed E-state index contributed by atoms with van der Waals surface area (Å²) in [6.45, 7) is 3.87. The molecule has 6 heteroatoms. The molecule has 0 N–H and O–H groups in total. The van der Waals surface area contributed by atoms with Crippen LogP contribution < -0.4 is 0 Å². The first-order valence-electron chi connectivity index (χ1n) is 5.28. The van der Waals surface area contributed by atoms with Gasteiger partial charge in [0, 0.05) is 9.38 Å². The average Bonchev–Trinajstić information content (AvgIpc) is 2.32. The van der Waals surface area contributed by atoms with Crippen LogP contribution in [0.4, 0.5) is 0 Å². The van der Waals surface area contributed by atoms with E-state index >= 15 is 0 Å². The van der Waals surface area contributed by atoms with Crippen LogP contribution in [0.15, 0.2) is 33.5 Å². The highest BCUT2D eigenvalue weighted by Gasteiger charge is 2.09. The summed E-state index contributed by atoms with van der Waals surface area (Å²) in [5, 5.41) is 3.35. The van der Waals surface area contributed by atoms with Crippen molar-refractivity contribution in [1.82, 2.24) is 0 Å². The number of carbonyl (C=O) groups excluding carboxylic acids is 1. The number of hydrogen-bond acceptors (Lipinski definition) is 3. The molecule has 0 fully saturated rings. The van der Waals surface area contributed by atoms with Crippen LogP contribution in [0.2, 0.25) is 0 Å². The zero-order valence-electron chi connectivity index (χ0n) is 10.1. The highest BCUT2D eigenvalue weighted by Crippen LogP contribution is 2.21. The van der Waals surface area contributed by atoms with Crippen LogP contribution in [0, 0.1) is 6.92 Å². The Labute approximate surface area is 113 Å². The predicted molar refractivity (Wildman–Crippen MR) is 72.6 cm³/mol. The normalized spacial score (nSPS) is 10.7. The maximum atomic E-state index is 11.5. The monoisotopic (exact) mass is 309 g/mol. The summed E-state index contributed by atoms with van der Waals surface area (Å²) < 4.78 is 5.62. The zero-order chi connectivity index (χ0) is 13.5. The molecule has 0 saturated carbocycles. The van der Waals surface area contributed by atoms with E-state index in [1.54, 1.807) is 6.92 Å². The highest BCUT2D eigenvalue weighted by atomic mass is 79.9. The van der Waals surface area contributed by atoms with Crippen molar-refractivity contribution in [3.8, 4) is 0 Å². The number of benzene rings is 1. The summed E-state index contributed by atoms with van der Waals surface area (Å²) in [6, 6.07) is 5.63. The van der Waals surface area contributed by atoms with Crippen molar-refractivity contribution in [3.63, 3.8) is 0 Å². The number of rotatable bonds is 4. The summed E-state index contributed by atoms with van der Waals surface area (Å²) >= 11 is 3.38. The van der Waals surface area contributed by atoms with Crippen LogP contribution >= 0.6 is 15.9 Å². The molecule has 18 heavy (non-hydrogen) atoms. The minimum atomic E-state index is -0.636. The summed E-state index contributed by atoms with van der Waals surface area (Å²) in [5.74, 6) is -0.636. The molecule has 0 bridgehead atoms. The van der Waals surface area contributed by atoms with Gasteiger partial charge < -0.3 is 4.74 Å². The Morgan fingerprint density at radius 2 is 2.33 bits per heavy atom. The van der Waals surface area contributed by atoms with E-state index in [2.05, 4.69) is 26.0 Å². The third-order valence-electron chi connectivity index (χ3n) is 2.09. The largest absolute Gasteiger partial charge is 0.462 e. The number of hydrogen-bond donors (Lipinski definition) is 0. The zero-order valence-corrected chi connectivity index (χ0v) is 11.6. The smallest absolute Gasteiger partial charge is 0.340 e. The molecule has 0 aliphatic carbocycles. The number of carbonyl (C=O) groups is 1. The molecule has 1 aromatic carbocycles. The Bertz CT molecular complexity index is 534. The van der Waals surface area contributed by atoms with E-state index < -0.39 is 5.97 Å². The molecule has 0 spiro atoms. The van der Waals surface area contributed by atoms with Gasteiger partial charge >= 0.3 is 5.97 Å². The van der Waals surface area contributed by atoms with Gasteiger partial charge in [-0.3, -0.25) is 0 Å². The van der Waals surface area contributed by atoms with Gasteiger partial charge in [-0.1, -0.05) is 33.2 Å². The molecule has 0 atom stereocenters. The molecule has 0 saturated heterocycles. The van der Waals surface area contributed by atoms with E-state index in [9.17, 15) is 4.79 Å². The molecule has 0 unspecified atom stereocenters. The quantitative estimate of drug-likeness (QED) is 0.277. The van der Waals surface area contributed by atoms with Crippen LogP contribution in [0.5, 0.6) is 0 Å². The van der Waals surface area contributed by atoms with Crippen LogP contribution in [-0.4, -0.2) is 12.6 Å². The second-order valence-electron chi connectivity index (χ2n) is 3.46. The molecule has 1 aromatic rings. The van der Waals surface area contributed by atoms with Gasteiger partial charge in [-0.15, -0.1) is 0 Å². The third kappa shape index (κ3) is 3.91. The molecule has 0 radical (unpaired) electrons. The molecule has 5 nitrogen and oxygen atoms in total. The number of esters is 1. The van der Waals surface area contributed by atoms with Gasteiger partial charge in [-0.2, -0.15) is 0 Å². The molecule has 0 aliphatic heterocycles. The van der Waals surface area contributed by atoms with Crippen molar-refractivity contribution in [2.24, 2.45) is 5.11 Å². The number of nitrogens with zero attached hydrogens (tertiary/aromatic N) is 3. The van der Waals surface area contributed by atoms with E-state index in [1.165, 1.54) is 6.08 Å². The van der Waals surface area contributed by atoms with E-state index in [0.29, 0.717) is 0 Å². The van der Waals surface area contributed by atoms with E-state index in [-0.39, 0.29) is 12.3 Å². The van der Waals surface area contributed by atoms with Crippen LogP contribution in [0.1, 0.15) is 18.1 Å². The second-order valence-corrected chi connectivity index (χ2v) is 4.32. The topological polar surface area (TPSA) is 75.1 Å². The second kappa shape index (κ2) is 6.83. The maximum absolute atomic E-state index is 11.5. The lowest BCUT2D eigenvalue weighted by atomic mass is 10.1. The fourth-order valence-corrected chi connectivity index (χ4v) is 1.89. The molecular weight excluding hydrogens is 298 g/mol. The Morgan fingerprint density at radius 1 is 1.61 bits per heavy atom. The van der Waals surface area contributed by atoms with Crippen molar-refractivity contribution in [2.45, 2.75) is 13.8 Å². The predicted octanol–water partition coefficient (Wildman–Crippen LogP) is 3.97. The first-order chi connectivity index (χ1) is 8.58. The standard InChI is InChI=1S/C12H12BrN3O2/c1-3-18-12(17)11(15-16-14)7-9-5-4-8(2)6-10(9)13/h4-7H,3H2,1-2H3/b11-7-. The first kappa shape index (κ1) is 14.3. The van der Waals surface area contributed by atoms with Gasteiger partial charge in [0.05, 0.1) is 6.61 Å². The van der Waals surface area contributed by atoms with Crippen molar-refractivity contribution in [2.75, 3.05) is 6.61 Å². The van der Waals surface area contributed by atoms with Crippen LogP contribution in [0.3, 0.4) is 0 Å². The van der Waals surface area contributed by atoms with E-state index in [1.807, 2.05) is 25.1 Å². The lowest BCUT2D eigenvalue weighted by Crippen LogP contribution is -2.05. The van der Waals surface area contributed by atoms with Crippen molar-refractivity contribution < 1.29 is 9.53 Å². The van der Waals surface area contributed by atoms with E-state index in [4.69, 9.17) is 10.3 Å². The molecule has 1 rings (SSSR count). The Kier molecular flexibility index (Phi) is 5.42. The molecule has 0 aliphatic rings. The molecule has 94 valence electrons. The first-order valence-corrected chi connectivity index (χ1v) is 6.08. The van der Waals surface area contributed by atoms with Crippen molar-refractivity contribution in [1.29, 1.82) is 0 Å².